The monoisotopic (exact) mass is 281 g/mol. The van der Waals surface area contributed by atoms with Crippen LogP contribution in [0.25, 0.3) is 0 Å². The number of nitrogen functional groups attached to an aromatic ring is 1. The number of hydrogen-bond donors (Lipinski definition) is 2. The Bertz CT molecular complexity index is 489. The predicted octanol–water partition coefficient (Wildman–Crippen LogP) is 1.72. The van der Waals surface area contributed by atoms with Gasteiger partial charge in [-0.3, -0.25) is 14.9 Å². The second-order valence-corrected chi connectivity index (χ2v) is 4.56. The van der Waals surface area contributed by atoms with Gasteiger partial charge >= 0.3 is 0 Å². The SMILES string of the molecule is CC(C)OCCCNC(=O)c1ccc(N)c([N+](=O)[O-])c1. The van der Waals surface area contributed by atoms with Gasteiger partial charge in [-0.1, -0.05) is 0 Å². The lowest BCUT2D eigenvalue weighted by atomic mass is 10.1. The number of benzene rings is 1. The van der Waals surface area contributed by atoms with Crippen molar-refractivity contribution >= 4 is 17.3 Å². The third kappa shape index (κ3) is 4.85. The van der Waals surface area contributed by atoms with Crippen LogP contribution < -0.4 is 11.1 Å². The average Bonchev–Trinajstić information content (AvgIpc) is 2.37. The van der Waals surface area contributed by atoms with E-state index in [1.165, 1.54) is 18.2 Å². The summed E-state index contributed by atoms with van der Waals surface area (Å²) in [5.74, 6) is -0.363. The zero-order valence-electron chi connectivity index (χ0n) is 11.6. The Balaban J connectivity index is 2.51. The molecule has 0 saturated carbocycles. The molecule has 0 aromatic heterocycles. The summed E-state index contributed by atoms with van der Waals surface area (Å²) in [4.78, 5) is 21.9. The fourth-order valence-electron chi connectivity index (χ4n) is 1.54. The molecule has 1 aromatic rings. The van der Waals surface area contributed by atoms with E-state index in [4.69, 9.17) is 10.5 Å². The Morgan fingerprint density at radius 1 is 1.50 bits per heavy atom. The molecule has 7 heteroatoms. The maximum atomic E-state index is 11.8. The summed E-state index contributed by atoms with van der Waals surface area (Å²) >= 11 is 0. The second kappa shape index (κ2) is 7.44. The van der Waals surface area contributed by atoms with Gasteiger partial charge in [0.15, 0.2) is 0 Å². The minimum absolute atomic E-state index is 0.0388. The average molecular weight is 281 g/mol. The highest BCUT2D eigenvalue weighted by Crippen LogP contribution is 2.22. The molecule has 0 fully saturated rings. The summed E-state index contributed by atoms with van der Waals surface area (Å²) in [6.07, 6.45) is 0.839. The molecule has 0 unspecified atom stereocenters. The molecule has 20 heavy (non-hydrogen) atoms. The number of anilines is 1. The van der Waals surface area contributed by atoms with Gasteiger partial charge in [0.2, 0.25) is 0 Å². The summed E-state index contributed by atoms with van der Waals surface area (Å²) in [6.45, 7) is 4.88. The number of nitrogens with zero attached hydrogens (tertiary/aromatic N) is 1. The zero-order chi connectivity index (χ0) is 15.1. The van der Waals surface area contributed by atoms with Gasteiger partial charge < -0.3 is 15.8 Å². The third-order valence-electron chi connectivity index (χ3n) is 2.55. The van der Waals surface area contributed by atoms with Crippen molar-refractivity contribution in [2.75, 3.05) is 18.9 Å². The minimum atomic E-state index is -0.609. The molecule has 0 aliphatic carbocycles. The van der Waals surface area contributed by atoms with Crippen molar-refractivity contribution in [1.29, 1.82) is 0 Å². The van der Waals surface area contributed by atoms with Crippen molar-refractivity contribution in [2.45, 2.75) is 26.4 Å². The summed E-state index contributed by atoms with van der Waals surface area (Å²) < 4.78 is 5.34. The van der Waals surface area contributed by atoms with Crippen LogP contribution in [0.3, 0.4) is 0 Å². The molecule has 0 saturated heterocycles. The van der Waals surface area contributed by atoms with Crippen LogP contribution >= 0.6 is 0 Å². The molecule has 0 spiro atoms. The van der Waals surface area contributed by atoms with Gasteiger partial charge in [-0.15, -0.1) is 0 Å². The van der Waals surface area contributed by atoms with Crippen LogP contribution in [0, 0.1) is 10.1 Å². The smallest absolute Gasteiger partial charge is 0.292 e. The molecule has 0 aliphatic heterocycles. The highest BCUT2D eigenvalue weighted by atomic mass is 16.6. The van der Waals surface area contributed by atoms with E-state index in [9.17, 15) is 14.9 Å². The summed E-state index contributed by atoms with van der Waals surface area (Å²) in [5.41, 5.74) is 5.46. The first-order valence-corrected chi connectivity index (χ1v) is 6.35. The van der Waals surface area contributed by atoms with E-state index in [0.29, 0.717) is 19.6 Å². The molecule has 1 amide bonds. The van der Waals surface area contributed by atoms with Crippen LogP contribution in [0.2, 0.25) is 0 Å². The zero-order valence-corrected chi connectivity index (χ0v) is 11.6. The third-order valence-corrected chi connectivity index (χ3v) is 2.55. The normalized spacial score (nSPS) is 10.6. The molecular formula is C13H19N3O4. The van der Waals surface area contributed by atoms with Gasteiger partial charge in [0.05, 0.1) is 11.0 Å². The maximum absolute atomic E-state index is 11.8. The Hall–Kier alpha value is -2.15. The number of carbonyl (C=O) groups excluding carboxylic acids is 1. The fourth-order valence-corrected chi connectivity index (χ4v) is 1.54. The number of nitrogens with one attached hydrogen (secondary N) is 1. The number of nitrogens with two attached hydrogens (primary N) is 1. The van der Waals surface area contributed by atoms with Crippen molar-refractivity contribution < 1.29 is 14.5 Å². The summed E-state index contributed by atoms with van der Waals surface area (Å²) in [5, 5.41) is 13.4. The highest BCUT2D eigenvalue weighted by molar-refractivity contribution is 5.95. The lowest BCUT2D eigenvalue weighted by Gasteiger charge is -2.08. The number of nitro groups is 1. The van der Waals surface area contributed by atoms with Crippen molar-refractivity contribution in [3.8, 4) is 0 Å². The van der Waals surface area contributed by atoms with Gasteiger partial charge in [0.25, 0.3) is 11.6 Å². The molecule has 0 bridgehead atoms. The van der Waals surface area contributed by atoms with Gasteiger partial charge in [-0.25, -0.2) is 0 Å². The number of rotatable bonds is 7. The highest BCUT2D eigenvalue weighted by Gasteiger charge is 2.15. The van der Waals surface area contributed by atoms with E-state index in [1.807, 2.05) is 13.8 Å². The Labute approximate surface area is 117 Å². The second-order valence-electron chi connectivity index (χ2n) is 4.56. The molecule has 0 atom stereocenters. The van der Waals surface area contributed by atoms with Crippen LogP contribution in [0.1, 0.15) is 30.6 Å². The molecule has 110 valence electrons. The number of nitro benzene ring substituents is 1. The van der Waals surface area contributed by atoms with Crippen molar-refractivity contribution in [1.82, 2.24) is 5.32 Å². The van der Waals surface area contributed by atoms with Crippen molar-refractivity contribution in [3.63, 3.8) is 0 Å². The summed E-state index contributed by atoms with van der Waals surface area (Å²) in [6, 6.07) is 3.99. The minimum Gasteiger partial charge on any atom is -0.393 e. The first kappa shape index (κ1) is 15.9. The van der Waals surface area contributed by atoms with E-state index in [1.54, 1.807) is 0 Å². The first-order chi connectivity index (χ1) is 9.41. The number of carbonyl (C=O) groups is 1. The number of amides is 1. The van der Waals surface area contributed by atoms with Crippen molar-refractivity contribution in [3.05, 3.63) is 33.9 Å². The van der Waals surface area contributed by atoms with E-state index in [2.05, 4.69) is 5.32 Å². The molecular weight excluding hydrogens is 262 g/mol. The quantitative estimate of drug-likeness (QED) is 0.342. The molecule has 3 N–H and O–H groups in total. The van der Waals surface area contributed by atoms with Crippen LogP contribution in [0.5, 0.6) is 0 Å². The van der Waals surface area contributed by atoms with E-state index >= 15 is 0 Å². The van der Waals surface area contributed by atoms with Crippen molar-refractivity contribution in [2.24, 2.45) is 0 Å². The standard InChI is InChI=1S/C13H19N3O4/c1-9(2)20-7-3-6-15-13(17)10-4-5-11(14)12(8-10)16(18)19/h4-5,8-9H,3,6-7,14H2,1-2H3,(H,15,17). The van der Waals surface area contributed by atoms with Gasteiger partial charge in [0.1, 0.15) is 5.69 Å². The molecule has 1 rings (SSSR count). The Morgan fingerprint density at radius 3 is 2.80 bits per heavy atom. The van der Waals surface area contributed by atoms with Crippen LogP contribution in [-0.2, 0) is 4.74 Å². The Kier molecular flexibility index (Phi) is 5.92. The van der Waals surface area contributed by atoms with Crippen LogP contribution in [0.15, 0.2) is 18.2 Å². The predicted molar refractivity (Wildman–Crippen MR) is 75.5 cm³/mol. The largest absolute Gasteiger partial charge is 0.393 e. The van der Waals surface area contributed by atoms with Gasteiger partial charge in [-0.05, 0) is 32.4 Å². The van der Waals surface area contributed by atoms with E-state index < -0.39 is 4.92 Å². The summed E-state index contributed by atoms with van der Waals surface area (Å²) in [7, 11) is 0. The molecule has 0 aliphatic rings. The maximum Gasteiger partial charge on any atom is 0.292 e. The topological polar surface area (TPSA) is 107 Å². The molecule has 0 heterocycles. The first-order valence-electron chi connectivity index (χ1n) is 6.35. The van der Waals surface area contributed by atoms with Gasteiger partial charge in [-0.2, -0.15) is 0 Å². The Morgan fingerprint density at radius 2 is 2.20 bits per heavy atom. The molecule has 0 radical (unpaired) electrons. The van der Waals surface area contributed by atoms with E-state index in [0.717, 1.165) is 0 Å². The van der Waals surface area contributed by atoms with Crippen LogP contribution in [-0.4, -0.2) is 30.1 Å². The number of ether oxygens (including phenoxy) is 1. The lowest BCUT2D eigenvalue weighted by molar-refractivity contribution is -0.383. The van der Waals surface area contributed by atoms with Crippen LogP contribution in [0.4, 0.5) is 11.4 Å². The van der Waals surface area contributed by atoms with E-state index in [-0.39, 0.29) is 28.9 Å². The molecule has 7 nitrogen and oxygen atoms in total. The van der Waals surface area contributed by atoms with Gasteiger partial charge in [0, 0.05) is 24.8 Å². The molecule has 1 aromatic carbocycles. The number of hydrogen-bond acceptors (Lipinski definition) is 5. The lowest BCUT2D eigenvalue weighted by Crippen LogP contribution is -2.25. The fraction of sp³-hybridized carbons (Fsp3) is 0.462.